The molecular weight excluding hydrogens is 582 g/mol. The third-order valence-corrected chi connectivity index (χ3v) is 9.37. The van der Waals surface area contributed by atoms with Crippen LogP contribution in [0, 0.1) is 10.1 Å². The van der Waals surface area contributed by atoms with Gasteiger partial charge < -0.3 is 25.2 Å². The molecule has 240 valence electrons. The molecule has 46 heavy (non-hydrogen) atoms. The molecule has 0 aliphatic carbocycles. The average molecular weight is 624 g/mol. The summed E-state index contributed by atoms with van der Waals surface area (Å²) < 4.78 is 5.41. The van der Waals surface area contributed by atoms with E-state index in [1.807, 2.05) is 26.0 Å². The number of carbonyl (C=O) groups is 2. The van der Waals surface area contributed by atoms with Gasteiger partial charge in [-0.05, 0) is 81.6 Å². The number of hydrogen-bond donors (Lipinski definition) is 2. The summed E-state index contributed by atoms with van der Waals surface area (Å²) in [6.07, 6.45) is 4.14. The van der Waals surface area contributed by atoms with Crippen molar-refractivity contribution in [3.05, 3.63) is 128 Å². The Hall–Kier alpha value is -4.96. The Bertz CT molecular complexity index is 1590. The molecule has 3 aromatic rings. The van der Waals surface area contributed by atoms with Crippen LogP contribution in [0.25, 0.3) is 0 Å². The zero-order chi connectivity index (χ0) is 32.7. The van der Waals surface area contributed by atoms with E-state index in [1.54, 1.807) is 24.1 Å². The molecule has 10 heteroatoms. The summed E-state index contributed by atoms with van der Waals surface area (Å²) >= 11 is 0. The number of nitro groups is 1. The SMILES string of the molecule is COc1ccc(C2(c3ccccc3)CCN(CCCN(C=O)C3=C(C)NC(C)=C(NC=O)C3c3ccc([N+](=O)[O-])cc3)CC2)cc1. The minimum absolute atomic E-state index is 0.0254. The average Bonchev–Trinajstić information content (AvgIpc) is 3.09. The Balaban J connectivity index is 1.30. The number of methoxy groups -OCH3 is 1. The van der Waals surface area contributed by atoms with Crippen LogP contribution >= 0.6 is 0 Å². The van der Waals surface area contributed by atoms with Crippen molar-refractivity contribution in [1.82, 2.24) is 20.4 Å². The zero-order valence-corrected chi connectivity index (χ0v) is 26.6. The molecule has 2 aliphatic heterocycles. The number of nitro benzene ring substituents is 1. The van der Waals surface area contributed by atoms with Crippen LogP contribution in [0.3, 0.4) is 0 Å². The van der Waals surface area contributed by atoms with Crippen molar-refractivity contribution in [2.75, 3.05) is 33.3 Å². The minimum Gasteiger partial charge on any atom is -0.497 e. The number of rotatable bonds is 13. The Morgan fingerprint density at radius 1 is 0.978 bits per heavy atom. The third kappa shape index (κ3) is 6.67. The van der Waals surface area contributed by atoms with Gasteiger partial charge in [0.05, 0.1) is 29.3 Å². The van der Waals surface area contributed by atoms with Crippen LogP contribution in [0.15, 0.2) is 102 Å². The first-order valence-corrected chi connectivity index (χ1v) is 15.6. The highest BCUT2D eigenvalue weighted by Crippen LogP contribution is 2.42. The number of nitrogens with one attached hydrogen (secondary N) is 2. The summed E-state index contributed by atoms with van der Waals surface area (Å²) in [6.45, 7) is 6.91. The second-order valence-electron chi connectivity index (χ2n) is 11.9. The van der Waals surface area contributed by atoms with Crippen LogP contribution in [-0.2, 0) is 15.0 Å². The van der Waals surface area contributed by atoms with E-state index in [4.69, 9.17) is 4.74 Å². The Morgan fingerprint density at radius 2 is 1.63 bits per heavy atom. The minimum atomic E-state index is -0.483. The number of amides is 2. The predicted molar refractivity (Wildman–Crippen MR) is 177 cm³/mol. The lowest BCUT2D eigenvalue weighted by Crippen LogP contribution is -2.44. The Labute approximate surface area is 269 Å². The molecule has 2 heterocycles. The molecule has 1 atom stereocenters. The lowest BCUT2D eigenvalue weighted by atomic mass is 9.68. The summed E-state index contributed by atoms with van der Waals surface area (Å²) in [4.78, 5) is 39.2. The van der Waals surface area contributed by atoms with Crippen molar-refractivity contribution in [3.8, 4) is 5.75 Å². The molecule has 10 nitrogen and oxygen atoms in total. The number of non-ortho nitro benzene ring substituents is 1. The van der Waals surface area contributed by atoms with Crippen LogP contribution in [0.5, 0.6) is 5.75 Å². The number of nitrogens with zero attached hydrogens (tertiary/aromatic N) is 3. The van der Waals surface area contributed by atoms with E-state index in [9.17, 15) is 19.7 Å². The number of ether oxygens (including phenoxy) is 1. The lowest BCUT2D eigenvalue weighted by Gasteiger charge is -2.43. The number of piperidine rings is 1. The van der Waals surface area contributed by atoms with E-state index in [0.29, 0.717) is 24.3 Å². The standard InChI is InChI=1S/C36H41N5O5/c1-26-34(37-24-42)33(28-10-14-31(15-11-28)41(44)45)35(27(2)38-26)40(25-43)21-7-20-39-22-18-36(19-23-39,29-8-5-4-6-9-29)30-12-16-32(46-3)17-13-30/h4-6,8-17,24-25,33,38H,7,18-23H2,1-3H3,(H,37,42). The Morgan fingerprint density at radius 3 is 2.22 bits per heavy atom. The lowest BCUT2D eigenvalue weighted by molar-refractivity contribution is -0.384. The van der Waals surface area contributed by atoms with E-state index < -0.39 is 10.8 Å². The van der Waals surface area contributed by atoms with Crippen molar-refractivity contribution < 1.29 is 19.2 Å². The number of carbonyl (C=O) groups excluding carboxylic acids is 2. The van der Waals surface area contributed by atoms with Crippen molar-refractivity contribution in [1.29, 1.82) is 0 Å². The first-order chi connectivity index (χ1) is 22.3. The van der Waals surface area contributed by atoms with E-state index in [0.717, 1.165) is 68.0 Å². The molecule has 0 radical (unpaired) electrons. The molecular formula is C36H41N5O5. The topological polar surface area (TPSA) is 117 Å². The molecule has 0 bridgehead atoms. The van der Waals surface area contributed by atoms with Gasteiger partial charge in [0.25, 0.3) is 5.69 Å². The molecule has 0 spiro atoms. The number of hydrogen-bond acceptors (Lipinski definition) is 7. The van der Waals surface area contributed by atoms with Crippen molar-refractivity contribution >= 4 is 18.5 Å². The van der Waals surface area contributed by atoms with Crippen LogP contribution in [0.2, 0.25) is 0 Å². The summed E-state index contributed by atoms with van der Waals surface area (Å²) in [6, 6.07) is 25.4. The van der Waals surface area contributed by atoms with Gasteiger partial charge in [-0.1, -0.05) is 54.6 Å². The molecule has 2 aliphatic rings. The monoisotopic (exact) mass is 623 g/mol. The maximum absolute atomic E-state index is 12.6. The normalized spacial score (nSPS) is 18.0. The molecule has 2 N–H and O–H groups in total. The molecule has 1 unspecified atom stereocenters. The van der Waals surface area contributed by atoms with Gasteiger partial charge in [-0.3, -0.25) is 19.7 Å². The number of allylic oxidation sites excluding steroid dienone is 2. The van der Waals surface area contributed by atoms with Gasteiger partial charge in [0.15, 0.2) is 0 Å². The fourth-order valence-corrected chi connectivity index (χ4v) is 7.00. The summed E-state index contributed by atoms with van der Waals surface area (Å²) in [7, 11) is 1.68. The second kappa shape index (κ2) is 14.4. The van der Waals surface area contributed by atoms with Gasteiger partial charge in [0, 0.05) is 35.5 Å². The Kier molecular flexibility index (Phi) is 10.2. The van der Waals surface area contributed by atoms with Crippen LogP contribution < -0.4 is 15.4 Å². The third-order valence-electron chi connectivity index (χ3n) is 9.37. The van der Waals surface area contributed by atoms with Crippen molar-refractivity contribution in [2.45, 2.75) is 44.4 Å². The largest absolute Gasteiger partial charge is 0.497 e. The van der Waals surface area contributed by atoms with E-state index in [-0.39, 0.29) is 11.1 Å². The van der Waals surface area contributed by atoms with Gasteiger partial charge in [0.2, 0.25) is 12.8 Å². The number of dihydropyridines is 1. The smallest absolute Gasteiger partial charge is 0.269 e. The molecule has 1 saturated heterocycles. The molecule has 1 fully saturated rings. The highest BCUT2D eigenvalue weighted by Gasteiger charge is 2.38. The van der Waals surface area contributed by atoms with Gasteiger partial charge in [-0.15, -0.1) is 0 Å². The van der Waals surface area contributed by atoms with Gasteiger partial charge in [-0.25, -0.2) is 0 Å². The molecule has 2 amide bonds. The highest BCUT2D eigenvalue weighted by molar-refractivity contribution is 5.60. The number of benzene rings is 3. The molecule has 0 saturated carbocycles. The molecule has 5 rings (SSSR count). The van der Waals surface area contributed by atoms with Gasteiger partial charge in [-0.2, -0.15) is 0 Å². The van der Waals surface area contributed by atoms with Gasteiger partial charge >= 0.3 is 0 Å². The quantitative estimate of drug-likeness (QED) is 0.148. The van der Waals surface area contributed by atoms with E-state index >= 15 is 0 Å². The molecule has 3 aromatic carbocycles. The maximum Gasteiger partial charge on any atom is 0.269 e. The second-order valence-corrected chi connectivity index (χ2v) is 11.9. The fourth-order valence-electron chi connectivity index (χ4n) is 7.00. The van der Waals surface area contributed by atoms with Crippen molar-refractivity contribution in [2.24, 2.45) is 0 Å². The van der Waals surface area contributed by atoms with Crippen LogP contribution in [0.1, 0.15) is 55.7 Å². The highest BCUT2D eigenvalue weighted by atomic mass is 16.6. The first kappa shape index (κ1) is 32.4. The van der Waals surface area contributed by atoms with Crippen LogP contribution in [0.4, 0.5) is 5.69 Å². The fraction of sp³-hybridized carbons (Fsp3) is 0.333. The number of likely N-dealkylation sites (tertiary alicyclic amines) is 1. The summed E-state index contributed by atoms with van der Waals surface area (Å²) in [5.74, 6) is 0.363. The summed E-state index contributed by atoms with van der Waals surface area (Å²) in [5.41, 5.74) is 6.08. The maximum atomic E-state index is 12.6. The summed E-state index contributed by atoms with van der Waals surface area (Å²) in [5, 5.41) is 17.4. The van der Waals surface area contributed by atoms with E-state index in [1.165, 1.54) is 23.3 Å². The van der Waals surface area contributed by atoms with Crippen LogP contribution in [-0.4, -0.2) is 60.8 Å². The van der Waals surface area contributed by atoms with Gasteiger partial charge in [0.1, 0.15) is 5.75 Å². The predicted octanol–water partition coefficient (Wildman–Crippen LogP) is 5.43. The van der Waals surface area contributed by atoms with Crippen molar-refractivity contribution in [3.63, 3.8) is 0 Å². The van der Waals surface area contributed by atoms with E-state index in [2.05, 4.69) is 58.0 Å². The zero-order valence-electron chi connectivity index (χ0n) is 26.6. The first-order valence-electron chi connectivity index (χ1n) is 15.6. The molecule has 0 aromatic heterocycles.